The minimum atomic E-state index is -3.72. The van der Waals surface area contributed by atoms with Gasteiger partial charge in [0.15, 0.2) is 6.17 Å². The molecule has 1 atom stereocenters. The molecule has 32 heavy (non-hydrogen) atoms. The number of methoxy groups -OCH3 is 1. The number of carbonyl (C=O) groups excluding carboxylic acids is 2. The molecule has 10 nitrogen and oxygen atoms in total. The van der Waals surface area contributed by atoms with Gasteiger partial charge in [-0.15, -0.1) is 0 Å². The molecule has 11 heteroatoms. The first kappa shape index (κ1) is 23.5. The highest BCUT2D eigenvalue weighted by atomic mass is 32.2. The van der Waals surface area contributed by atoms with Gasteiger partial charge in [0.05, 0.1) is 13.4 Å². The van der Waals surface area contributed by atoms with E-state index in [2.05, 4.69) is 10.6 Å². The summed E-state index contributed by atoms with van der Waals surface area (Å²) in [6, 6.07) is 13.5. The summed E-state index contributed by atoms with van der Waals surface area (Å²) in [7, 11) is -2.19. The third kappa shape index (κ3) is 5.55. The number of hydrogen-bond donors (Lipinski definition) is 3. The molecule has 172 valence electrons. The van der Waals surface area contributed by atoms with Crippen molar-refractivity contribution in [1.82, 2.24) is 14.5 Å². The molecular weight excluding hydrogens is 434 g/mol. The Labute approximate surface area is 187 Å². The predicted molar refractivity (Wildman–Crippen MR) is 120 cm³/mol. The van der Waals surface area contributed by atoms with Gasteiger partial charge in [-0.3, -0.25) is 9.69 Å². The van der Waals surface area contributed by atoms with Gasteiger partial charge >= 0.3 is 6.03 Å². The summed E-state index contributed by atoms with van der Waals surface area (Å²) in [5.74, 6) is 0.0411. The van der Waals surface area contributed by atoms with Gasteiger partial charge in [0.25, 0.3) is 5.91 Å². The monoisotopic (exact) mass is 461 g/mol. The second-order valence-corrected chi connectivity index (χ2v) is 9.28. The summed E-state index contributed by atoms with van der Waals surface area (Å²) in [6.07, 6.45) is -0.274. The Morgan fingerprint density at radius 1 is 1.12 bits per heavy atom. The third-order valence-electron chi connectivity index (χ3n) is 5.09. The standard InChI is InChI=1S/C21H27N5O5S/c1-31-18-8-6-17(7-9-18)24-21(28)25-10-11-26(32(2,29)30)20(25)19(27)23-14-16-5-3-4-15(12-16)13-22/h3-9,12,20H,10-11,13-14,22H2,1-2H3,(H,23,27)(H,24,28). The van der Waals surface area contributed by atoms with Crippen LogP contribution in [0.3, 0.4) is 0 Å². The van der Waals surface area contributed by atoms with Crippen LogP contribution in [0.25, 0.3) is 0 Å². The molecule has 1 aliphatic rings. The zero-order valence-corrected chi connectivity index (χ0v) is 18.8. The zero-order valence-electron chi connectivity index (χ0n) is 17.9. The second-order valence-electron chi connectivity index (χ2n) is 7.34. The number of nitrogens with two attached hydrogens (primary N) is 1. The first-order chi connectivity index (χ1) is 15.2. The number of amides is 3. The van der Waals surface area contributed by atoms with E-state index in [0.29, 0.717) is 18.0 Å². The van der Waals surface area contributed by atoms with Crippen molar-refractivity contribution < 1.29 is 22.7 Å². The van der Waals surface area contributed by atoms with Crippen molar-refractivity contribution in [3.63, 3.8) is 0 Å². The van der Waals surface area contributed by atoms with Crippen LogP contribution in [0.5, 0.6) is 5.75 Å². The highest BCUT2D eigenvalue weighted by Crippen LogP contribution is 2.21. The predicted octanol–water partition coefficient (Wildman–Crippen LogP) is 0.906. The Morgan fingerprint density at radius 2 is 1.81 bits per heavy atom. The molecule has 4 N–H and O–H groups in total. The molecule has 2 aromatic rings. The van der Waals surface area contributed by atoms with Crippen molar-refractivity contribution in [1.29, 1.82) is 0 Å². The van der Waals surface area contributed by atoms with Crippen LogP contribution in [0.4, 0.5) is 10.5 Å². The number of nitrogens with one attached hydrogen (secondary N) is 2. The fourth-order valence-corrected chi connectivity index (χ4v) is 4.44. The van der Waals surface area contributed by atoms with E-state index in [-0.39, 0.29) is 19.6 Å². The molecule has 0 aromatic heterocycles. The molecule has 0 radical (unpaired) electrons. The molecule has 3 amide bonds. The number of sulfonamides is 1. The Bertz CT molecular complexity index is 1070. The molecule has 0 bridgehead atoms. The maximum absolute atomic E-state index is 13.0. The molecule has 1 saturated heterocycles. The number of urea groups is 1. The van der Waals surface area contributed by atoms with Gasteiger partial charge < -0.3 is 21.1 Å². The molecule has 1 unspecified atom stereocenters. The number of carbonyl (C=O) groups is 2. The Kier molecular flexibility index (Phi) is 7.33. The average Bonchev–Trinajstić information content (AvgIpc) is 3.24. The van der Waals surface area contributed by atoms with Crippen molar-refractivity contribution in [2.75, 3.05) is 31.8 Å². The summed E-state index contributed by atoms with van der Waals surface area (Å²) in [5.41, 5.74) is 7.88. The molecule has 2 aromatic carbocycles. The van der Waals surface area contributed by atoms with Gasteiger partial charge in [-0.25, -0.2) is 13.2 Å². The van der Waals surface area contributed by atoms with Crippen molar-refractivity contribution in [2.24, 2.45) is 5.73 Å². The number of hydrogen-bond acceptors (Lipinski definition) is 6. The normalized spacial score (nSPS) is 16.6. The van der Waals surface area contributed by atoms with Crippen LogP contribution in [0.15, 0.2) is 48.5 Å². The second kappa shape index (κ2) is 9.98. The maximum Gasteiger partial charge on any atom is 0.323 e. The van der Waals surface area contributed by atoms with Gasteiger partial charge in [0.1, 0.15) is 5.75 Å². The van der Waals surface area contributed by atoms with Crippen LogP contribution >= 0.6 is 0 Å². The van der Waals surface area contributed by atoms with Crippen LogP contribution in [-0.4, -0.2) is 62.2 Å². The smallest absolute Gasteiger partial charge is 0.323 e. The van der Waals surface area contributed by atoms with Crippen LogP contribution in [-0.2, 0) is 27.9 Å². The molecule has 0 aliphatic carbocycles. The highest BCUT2D eigenvalue weighted by Gasteiger charge is 2.44. The van der Waals surface area contributed by atoms with Gasteiger partial charge in [0, 0.05) is 31.9 Å². The van der Waals surface area contributed by atoms with Gasteiger partial charge in [-0.1, -0.05) is 24.3 Å². The quantitative estimate of drug-likeness (QED) is 0.561. The molecule has 1 aliphatic heterocycles. The van der Waals surface area contributed by atoms with E-state index >= 15 is 0 Å². The number of benzene rings is 2. The van der Waals surface area contributed by atoms with E-state index in [1.807, 2.05) is 24.3 Å². The largest absolute Gasteiger partial charge is 0.497 e. The fourth-order valence-electron chi connectivity index (χ4n) is 3.46. The van der Waals surface area contributed by atoms with Crippen LogP contribution < -0.4 is 21.1 Å². The van der Waals surface area contributed by atoms with Crippen molar-refractivity contribution in [2.45, 2.75) is 19.3 Å². The van der Waals surface area contributed by atoms with Crippen LogP contribution in [0.1, 0.15) is 11.1 Å². The number of anilines is 1. The first-order valence-electron chi connectivity index (χ1n) is 9.97. The van der Waals surface area contributed by atoms with Crippen molar-refractivity contribution in [3.05, 3.63) is 59.7 Å². The van der Waals surface area contributed by atoms with Gasteiger partial charge in [0.2, 0.25) is 10.0 Å². The Morgan fingerprint density at radius 3 is 2.44 bits per heavy atom. The minimum absolute atomic E-state index is 0.0234. The van der Waals surface area contributed by atoms with Crippen LogP contribution in [0, 0.1) is 0 Å². The Balaban J connectivity index is 1.75. The first-order valence-corrected chi connectivity index (χ1v) is 11.8. The summed E-state index contributed by atoms with van der Waals surface area (Å²) >= 11 is 0. The molecule has 1 heterocycles. The lowest BCUT2D eigenvalue weighted by atomic mass is 10.1. The van der Waals surface area contributed by atoms with Gasteiger partial charge in [-0.05, 0) is 35.4 Å². The molecule has 1 fully saturated rings. The van der Waals surface area contributed by atoms with Crippen LogP contribution in [0.2, 0.25) is 0 Å². The molecule has 0 saturated carbocycles. The van der Waals surface area contributed by atoms with Gasteiger partial charge in [-0.2, -0.15) is 4.31 Å². The van der Waals surface area contributed by atoms with E-state index in [1.54, 1.807) is 24.3 Å². The summed E-state index contributed by atoms with van der Waals surface area (Å²) in [4.78, 5) is 27.1. The maximum atomic E-state index is 13.0. The third-order valence-corrected chi connectivity index (χ3v) is 6.32. The number of ether oxygens (including phenoxy) is 1. The van der Waals surface area contributed by atoms with Crippen molar-refractivity contribution in [3.8, 4) is 5.75 Å². The summed E-state index contributed by atoms with van der Waals surface area (Å²) < 4.78 is 30.6. The highest BCUT2D eigenvalue weighted by molar-refractivity contribution is 7.88. The average molecular weight is 462 g/mol. The fraction of sp³-hybridized carbons (Fsp3) is 0.333. The molecule has 3 rings (SSSR count). The SMILES string of the molecule is COc1ccc(NC(=O)N2CCN(S(C)(=O)=O)C2C(=O)NCc2cccc(CN)c2)cc1. The molecular formula is C21H27N5O5S. The topological polar surface area (TPSA) is 134 Å². The number of nitrogens with zero attached hydrogens (tertiary/aromatic N) is 2. The number of rotatable bonds is 7. The summed E-state index contributed by atoms with van der Waals surface area (Å²) in [5, 5.41) is 5.43. The lowest BCUT2D eigenvalue weighted by Crippen LogP contribution is -2.54. The van der Waals surface area contributed by atoms with E-state index < -0.39 is 28.1 Å². The Hall–Kier alpha value is -3.15. The lowest BCUT2D eigenvalue weighted by Gasteiger charge is -2.28. The van der Waals surface area contributed by atoms with E-state index in [0.717, 1.165) is 21.7 Å². The van der Waals surface area contributed by atoms with Crippen molar-refractivity contribution >= 4 is 27.6 Å². The van der Waals surface area contributed by atoms with E-state index in [4.69, 9.17) is 10.5 Å². The van der Waals surface area contributed by atoms with E-state index in [1.165, 1.54) is 12.0 Å². The lowest BCUT2D eigenvalue weighted by molar-refractivity contribution is -0.127. The summed E-state index contributed by atoms with van der Waals surface area (Å²) in [6.45, 7) is 0.645. The zero-order chi connectivity index (χ0) is 23.3. The van der Waals surface area contributed by atoms with E-state index in [9.17, 15) is 18.0 Å². The minimum Gasteiger partial charge on any atom is -0.497 e. The molecule has 0 spiro atoms.